The van der Waals surface area contributed by atoms with Crippen LogP contribution in [0.25, 0.3) is 0 Å². The number of nitrogens with zero attached hydrogens (tertiary/aromatic N) is 1. The normalized spacial score (nSPS) is 30.9. The number of alkyl carbamates (subject to hydrolysis) is 1. The van der Waals surface area contributed by atoms with Crippen molar-refractivity contribution in [1.82, 2.24) is 15.5 Å². The van der Waals surface area contributed by atoms with Crippen molar-refractivity contribution in [3.05, 3.63) is 41.4 Å². The Kier molecular flexibility index (Phi) is 9.15. The summed E-state index contributed by atoms with van der Waals surface area (Å²) in [5.41, 5.74) is -2.15. The van der Waals surface area contributed by atoms with E-state index in [4.69, 9.17) is 13.7 Å². The highest BCUT2D eigenvalue weighted by Crippen LogP contribution is 2.52. The molecule has 3 saturated carbocycles. The van der Waals surface area contributed by atoms with Gasteiger partial charge in [0.2, 0.25) is 11.8 Å². The number of fused-ring (bicyclic) bond motifs is 1. The number of esters is 1. The van der Waals surface area contributed by atoms with Crippen LogP contribution < -0.4 is 10.6 Å². The van der Waals surface area contributed by atoms with Crippen LogP contribution in [0.1, 0.15) is 52.9 Å². The van der Waals surface area contributed by atoms with Crippen LogP contribution in [0, 0.1) is 23.2 Å². The third kappa shape index (κ3) is 7.07. The molecule has 4 aliphatic rings. The molecule has 0 bridgehead atoms. The number of ether oxygens (including phenoxy) is 2. The Balaban J connectivity index is 1.37. The van der Waals surface area contributed by atoms with Gasteiger partial charge in [0, 0.05) is 23.4 Å². The molecule has 8 atom stereocenters. The lowest BCUT2D eigenvalue weighted by atomic mass is 9.85. The molecule has 14 heteroatoms. The molecule has 246 valence electrons. The Bertz CT molecular complexity index is 1470. The first-order valence-electron chi connectivity index (χ1n) is 15.1. The van der Waals surface area contributed by atoms with Gasteiger partial charge in [0.15, 0.2) is 0 Å². The largest absolute Gasteiger partial charge is 0.467 e. The number of nitrogens with one attached hydrogen (secondary N) is 2. The number of hydrogen-bond acceptors (Lipinski definition) is 9. The monoisotopic (exact) mass is 709 g/mol. The van der Waals surface area contributed by atoms with Gasteiger partial charge in [0.05, 0.1) is 18.1 Å². The second kappa shape index (κ2) is 12.3. The number of halogens is 1. The van der Waals surface area contributed by atoms with Crippen LogP contribution >= 0.6 is 15.9 Å². The molecule has 0 spiro atoms. The maximum absolute atomic E-state index is 14.2. The van der Waals surface area contributed by atoms with E-state index in [9.17, 15) is 27.6 Å². The van der Waals surface area contributed by atoms with Crippen LogP contribution in [0.5, 0.6) is 0 Å². The number of amides is 3. The summed E-state index contributed by atoms with van der Waals surface area (Å²) < 4.78 is 43.1. The van der Waals surface area contributed by atoms with Crippen molar-refractivity contribution in [2.45, 2.75) is 87.6 Å². The van der Waals surface area contributed by atoms with Crippen LogP contribution in [0.15, 0.2) is 46.3 Å². The maximum atomic E-state index is 14.2. The van der Waals surface area contributed by atoms with Crippen molar-refractivity contribution >= 4 is 49.9 Å². The average Bonchev–Trinajstić information content (AvgIpc) is 3.78. The summed E-state index contributed by atoms with van der Waals surface area (Å²) in [5, 5.41) is 5.45. The van der Waals surface area contributed by atoms with E-state index in [2.05, 4.69) is 33.1 Å². The molecule has 2 unspecified atom stereocenters. The van der Waals surface area contributed by atoms with Gasteiger partial charge in [-0.15, -0.1) is 6.58 Å². The summed E-state index contributed by atoms with van der Waals surface area (Å²) in [6.07, 6.45) is 2.40. The summed E-state index contributed by atoms with van der Waals surface area (Å²) in [4.78, 5) is 54.8. The zero-order valence-electron chi connectivity index (χ0n) is 25.8. The number of likely N-dealkylation sites (tertiary alicyclic amines) is 1. The second-order valence-corrected chi connectivity index (χ2v) is 16.1. The smallest absolute Gasteiger partial charge is 0.408 e. The number of hydrogen-bond donors (Lipinski definition) is 2. The number of carbonyl (C=O) groups is 4. The fourth-order valence-electron chi connectivity index (χ4n) is 6.56. The lowest BCUT2D eigenvalue weighted by Crippen LogP contribution is -2.59. The summed E-state index contributed by atoms with van der Waals surface area (Å²) in [6.45, 7) is 8.77. The Labute approximate surface area is 271 Å². The van der Waals surface area contributed by atoms with Crippen molar-refractivity contribution in [2.24, 2.45) is 23.2 Å². The van der Waals surface area contributed by atoms with E-state index in [1.165, 1.54) is 24.1 Å². The van der Waals surface area contributed by atoms with Gasteiger partial charge in [0.25, 0.3) is 10.1 Å². The molecule has 0 radical (unpaired) electrons. The predicted octanol–water partition coefficient (Wildman–Crippen LogP) is 3.30. The summed E-state index contributed by atoms with van der Waals surface area (Å²) in [5.74, 6) is -1.11. The summed E-state index contributed by atoms with van der Waals surface area (Å²) in [7, 11) is -3.05. The number of benzene rings is 1. The molecular formula is C31H40BrN3O9S. The zero-order valence-corrected chi connectivity index (χ0v) is 28.2. The van der Waals surface area contributed by atoms with Crippen molar-refractivity contribution in [3.8, 4) is 0 Å². The van der Waals surface area contributed by atoms with Gasteiger partial charge in [-0.05, 0) is 67.2 Å². The lowest BCUT2D eigenvalue weighted by molar-refractivity contribution is -0.148. The average molecular weight is 711 g/mol. The molecule has 1 saturated heterocycles. The molecule has 3 aliphatic carbocycles. The second-order valence-electron chi connectivity index (χ2n) is 13.6. The van der Waals surface area contributed by atoms with Gasteiger partial charge in [-0.2, -0.15) is 8.42 Å². The first kappa shape index (κ1) is 33.4. The van der Waals surface area contributed by atoms with E-state index in [0.717, 1.165) is 19.3 Å². The molecule has 45 heavy (non-hydrogen) atoms. The Hall–Kier alpha value is -2.97. The van der Waals surface area contributed by atoms with E-state index >= 15 is 0 Å². The Morgan fingerprint density at radius 3 is 2.27 bits per heavy atom. The number of methoxy groups -OCH3 is 1. The fourth-order valence-corrected chi connectivity index (χ4v) is 7.90. The van der Waals surface area contributed by atoms with Gasteiger partial charge in [-0.3, -0.25) is 13.8 Å². The van der Waals surface area contributed by atoms with Gasteiger partial charge < -0.3 is 25.0 Å². The van der Waals surface area contributed by atoms with E-state index in [-0.39, 0.29) is 36.3 Å². The van der Waals surface area contributed by atoms with Gasteiger partial charge in [-0.25, -0.2) is 9.59 Å². The topological polar surface area (TPSA) is 157 Å². The SMILES string of the molecule is C=C[C@@H]1C[C@]1(NC(=O)[C@@H]1C[C@H](OS(=O)(=O)c2ccc(Br)cc2)CN1C(=O)C(NC(=O)OC1C[C@@H]2C[C@@H]2C1)C(C)(C)C)C(=O)OC. The molecule has 1 aromatic rings. The van der Waals surface area contributed by atoms with Crippen molar-refractivity contribution in [1.29, 1.82) is 0 Å². The third-order valence-electron chi connectivity index (χ3n) is 9.26. The number of carbonyl (C=O) groups excluding carboxylic acids is 4. The zero-order chi connectivity index (χ0) is 32.9. The van der Waals surface area contributed by atoms with Crippen molar-refractivity contribution in [3.63, 3.8) is 0 Å². The first-order chi connectivity index (χ1) is 21.1. The quantitative estimate of drug-likeness (QED) is 0.211. The van der Waals surface area contributed by atoms with E-state index in [0.29, 0.717) is 16.3 Å². The third-order valence-corrected chi connectivity index (χ3v) is 11.2. The number of rotatable bonds is 10. The molecule has 4 fully saturated rings. The van der Waals surface area contributed by atoms with E-state index in [1.54, 1.807) is 39.0 Å². The van der Waals surface area contributed by atoms with Gasteiger partial charge >= 0.3 is 12.1 Å². The molecule has 3 amide bonds. The molecule has 12 nitrogen and oxygen atoms in total. The van der Waals surface area contributed by atoms with Crippen LogP contribution in [0.2, 0.25) is 0 Å². The van der Waals surface area contributed by atoms with Gasteiger partial charge in [-0.1, -0.05) is 42.8 Å². The fraction of sp³-hybridized carbons (Fsp3) is 0.613. The maximum Gasteiger partial charge on any atom is 0.408 e. The lowest BCUT2D eigenvalue weighted by Gasteiger charge is -2.35. The van der Waals surface area contributed by atoms with E-state index in [1.807, 2.05) is 0 Å². The van der Waals surface area contributed by atoms with Crippen LogP contribution in [-0.4, -0.2) is 80.7 Å². The molecule has 5 rings (SSSR count). The van der Waals surface area contributed by atoms with Crippen LogP contribution in [0.3, 0.4) is 0 Å². The molecular weight excluding hydrogens is 670 g/mol. The van der Waals surface area contributed by atoms with Gasteiger partial charge in [0.1, 0.15) is 23.7 Å². The van der Waals surface area contributed by atoms with E-state index < -0.39 is 63.1 Å². The standard InChI is InChI=1S/C31H40BrN3O9S/c1-6-19-15-31(19,28(38)42-5)34-26(36)24-14-22(44-45(40,41)23-9-7-20(32)8-10-23)16-35(24)27(37)25(30(2,3)4)33-29(39)43-21-12-17-11-18(17)13-21/h6-10,17-19,21-22,24-25H,1,11-16H2,2-5H3,(H,33,39)(H,34,36)/t17-,18+,19-,21?,22+,24+,25?,31-/m1/s1. The molecule has 1 heterocycles. The minimum atomic E-state index is -4.26. The van der Waals surface area contributed by atoms with Crippen molar-refractivity contribution < 1.29 is 41.3 Å². The van der Waals surface area contributed by atoms with Crippen LogP contribution in [0.4, 0.5) is 4.79 Å². The minimum Gasteiger partial charge on any atom is -0.467 e. The molecule has 1 aliphatic heterocycles. The van der Waals surface area contributed by atoms with Crippen LogP contribution in [-0.2, 0) is 38.2 Å². The highest BCUT2D eigenvalue weighted by molar-refractivity contribution is 9.10. The molecule has 1 aromatic carbocycles. The summed E-state index contributed by atoms with van der Waals surface area (Å²) in [6, 6.07) is 3.55. The van der Waals surface area contributed by atoms with Crippen molar-refractivity contribution in [2.75, 3.05) is 13.7 Å². The summed E-state index contributed by atoms with van der Waals surface area (Å²) >= 11 is 3.27. The highest BCUT2D eigenvalue weighted by atomic mass is 79.9. The minimum absolute atomic E-state index is 0.0885. The first-order valence-corrected chi connectivity index (χ1v) is 17.3. The molecule has 0 aromatic heterocycles. The Morgan fingerprint density at radius 1 is 1.07 bits per heavy atom. The predicted molar refractivity (Wildman–Crippen MR) is 165 cm³/mol. The highest BCUT2D eigenvalue weighted by Gasteiger charge is 2.62. The Morgan fingerprint density at radius 2 is 1.71 bits per heavy atom. The molecule has 2 N–H and O–H groups in total.